The summed E-state index contributed by atoms with van der Waals surface area (Å²) in [6.07, 6.45) is 3.25. The van der Waals surface area contributed by atoms with Crippen LogP contribution in [0.4, 0.5) is 9.18 Å². The Kier molecular flexibility index (Phi) is 36.5. The van der Waals surface area contributed by atoms with Crippen molar-refractivity contribution in [2.75, 3.05) is 165 Å². The van der Waals surface area contributed by atoms with Gasteiger partial charge in [-0.05, 0) is 93.0 Å². The number of nitrogens with one attached hydrogen (secondary N) is 7. The molecule has 8 N–H and O–H groups in total. The molecule has 2 aliphatic carbocycles. The van der Waals surface area contributed by atoms with Gasteiger partial charge in [-0.3, -0.25) is 52.8 Å². The average molecular weight is 1700 g/mol. The van der Waals surface area contributed by atoms with Gasteiger partial charge >= 0.3 is 12.1 Å². The van der Waals surface area contributed by atoms with Crippen LogP contribution in [0.3, 0.4) is 0 Å². The molecule has 36 nitrogen and oxygen atoms in total. The highest BCUT2D eigenvalue weighted by Gasteiger charge is 2.47. The standard InChI is InChI=1S/C84H116FN11O25/c1-9-84(109)59-43-64-75-57(48-95(64)79(106)58(59)50-119-80(84)107)74-61(18-17-56-53(2)60(85)44-62(92-75)73(56)74)93-78(105)66(42-55-15-16-55)120-52-90-69(99)46-89-76(103)63(41-54-13-11-10-12-14-54)91-70(100)47-88-68(98)45-87-67(97)21-23-110-25-27-112-29-31-114-33-35-116-37-39-118-40-38-117-36-34-115-32-30-113-28-26-111-24-22-86-77(104)65(96-71(101)19-20-72(96)102)49-94(51-82(3,4)5)81(108)121-83(6,7)8/h10-14,19-20,43-44,55,61,63,65-66,109H,9,15-18,21-42,45-52H2,1-8H3,(H,86,104)(H,87,97)(H,88,98)(H,89,103)(H,90,99)(H,91,100)(H,93,105)/t61-,63-,65-,66+,84-/m0/s1. The summed E-state index contributed by atoms with van der Waals surface area (Å²) < 4.78 is 83.8. The zero-order chi connectivity index (χ0) is 87.2. The molecule has 1 saturated carbocycles. The molecule has 2 aromatic heterocycles. The van der Waals surface area contributed by atoms with E-state index in [1.807, 2.05) is 20.8 Å². The van der Waals surface area contributed by atoms with Gasteiger partial charge in [0.2, 0.25) is 41.4 Å². The topological polar surface area (TPSA) is 444 Å². The molecule has 0 bridgehead atoms. The first-order valence-electron chi connectivity index (χ1n) is 41.1. The highest BCUT2D eigenvalue weighted by Crippen LogP contribution is 2.46. The lowest BCUT2D eigenvalue weighted by molar-refractivity contribution is -0.172. The van der Waals surface area contributed by atoms with Crippen molar-refractivity contribution in [3.8, 4) is 11.4 Å². The van der Waals surface area contributed by atoms with Gasteiger partial charge < -0.3 is 109 Å². The number of esters is 1. The molecule has 0 radical (unpaired) electrons. The van der Waals surface area contributed by atoms with Gasteiger partial charge in [0.25, 0.3) is 17.4 Å². The minimum absolute atomic E-state index is 0.0241. The third-order valence-corrected chi connectivity index (χ3v) is 20.2. The van der Waals surface area contributed by atoms with Crippen molar-refractivity contribution in [1.29, 1.82) is 0 Å². The number of carbonyl (C=O) groups is 11. The number of fused-ring (bicyclic) bond motifs is 5. The minimum atomic E-state index is -2.07. The van der Waals surface area contributed by atoms with Gasteiger partial charge in [0.05, 0.1) is 180 Å². The number of nitrogens with zero attached hydrogens (tertiary/aromatic N) is 4. The van der Waals surface area contributed by atoms with Gasteiger partial charge in [-0.2, -0.15) is 0 Å². The molecule has 1 fully saturated rings. The van der Waals surface area contributed by atoms with Gasteiger partial charge in [-0.1, -0.05) is 70.9 Å². The number of hydrogen-bond acceptors (Lipinski definition) is 26. The van der Waals surface area contributed by atoms with Crippen LogP contribution in [0.2, 0.25) is 0 Å². The number of amides is 10. The van der Waals surface area contributed by atoms with Crippen molar-refractivity contribution < 1.29 is 119 Å². The Morgan fingerprint density at radius 2 is 1.21 bits per heavy atom. The summed E-state index contributed by atoms with van der Waals surface area (Å²) in [5.74, 6) is -6.78. The second kappa shape index (κ2) is 46.4. The van der Waals surface area contributed by atoms with E-state index in [-0.39, 0.29) is 114 Å². The highest BCUT2D eigenvalue weighted by molar-refractivity contribution is 6.15. The maximum Gasteiger partial charge on any atom is 0.410 e. The first-order valence-corrected chi connectivity index (χ1v) is 41.1. The maximum atomic E-state index is 15.6. The molecule has 10 amide bonds. The van der Waals surface area contributed by atoms with Crippen molar-refractivity contribution in [2.24, 2.45) is 11.3 Å². The maximum absolute atomic E-state index is 15.6. The summed E-state index contributed by atoms with van der Waals surface area (Å²) in [6.45, 7) is 17.4. The monoisotopic (exact) mass is 1700 g/mol. The van der Waals surface area contributed by atoms with E-state index < -0.39 is 138 Å². The third kappa shape index (κ3) is 28.9. The fourth-order valence-corrected chi connectivity index (χ4v) is 14.0. The van der Waals surface area contributed by atoms with E-state index in [2.05, 4.69) is 37.2 Å². The van der Waals surface area contributed by atoms with Gasteiger partial charge in [0.1, 0.15) is 42.9 Å². The summed E-state index contributed by atoms with van der Waals surface area (Å²) in [4.78, 5) is 166. The number of ether oxygens (including phenoxy) is 12. The Morgan fingerprint density at radius 1 is 0.653 bits per heavy atom. The second-order valence-electron chi connectivity index (χ2n) is 31.9. The lowest BCUT2D eigenvalue weighted by Gasteiger charge is -2.35. The molecule has 5 aliphatic rings. The summed E-state index contributed by atoms with van der Waals surface area (Å²) in [5.41, 5.74) is 0.676. The molecule has 4 aromatic rings. The van der Waals surface area contributed by atoms with Crippen LogP contribution in [0.1, 0.15) is 132 Å². The average Bonchev–Trinajstić information content (AvgIpc) is 1.59. The van der Waals surface area contributed by atoms with Gasteiger partial charge in [0, 0.05) is 60.7 Å². The third-order valence-electron chi connectivity index (χ3n) is 20.2. The van der Waals surface area contributed by atoms with Crippen LogP contribution in [-0.2, 0) is 136 Å². The number of aryl methyl sites for hydroxylation is 1. The van der Waals surface area contributed by atoms with Crippen LogP contribution in [0, 0.1) is 24.1 Å². The number of cyclic esters (lactones) is 1. The number of benzene rings is 2. The van der Waals surface area contributed by atoms with Crippen LogP contribution in [0.5, 0.6) is 0 Å². The summed E-state index contributed by atoms with van der Waals surface area (Å²) >= 11 is 0. The summed E-state index contributed by atoms with van der Waals surface area (Å²) in [7, 11) is 0. The predicted octanol–water partition coefficient (Wildman–Crippen LogP) is 2.20. The molecule has 9 rings (SSSR count). The number of pyridine rings is 2. The number of hydrogen-bond donors (Lipinski definition) is 8. The zero-order valence-electron chi connectivity index (χ0n) is 70.2. The Labute approximate surface area is 701 Å². The second-order valence-corrected chi connectivity index (χ2v) is 31.9. The summed E-state index contributed by atoms with van der Waals surface area (Å²) in [5, 5.41) is 30.7. The van der Waals surface area contributed by atoms with Crippen LogP contribution in [0.15, 0.2) is 59.4 Å². The first kappa shape index (κ1) is 95.0. The molecule has 121 heavy (non-hydrogen) atoms. The van der Waals surface area contributed by atoms with Gasteiger partial charge in [-0.25, -0.2) is 19.0 Å². The SMILES string of the molecule is CC[C@@]1(O)C(=O)OCc2c1cc1n(c2=O)Cc2c-1nc1cc(F)c(C)c3c1c2[C@@H](NC(=O)[C@@H](CC1CC1)OCNC(=O)CNC(=O)[C@H](Cc1ccccc1)NC(=O)CNC(=O)CNC(=O)CCOCCOCCOCCOCCOCCOCCOCCOCCOCCNC(=O)[C@H](CN(CC(C)(C)C)C(=O)OC(C)(C)C)N1C(=O)C=CC1=O)CC3. The quantitative estimate of drug-likeness (QED) is 0.0120. The van der Waals surface area contributed by atoms with E-state index in [0.717, 1.165) is 35.5 Å². The van der Waals surface area contributed by atoms with Crippen molar-refractivity contribution >= 4 is 76.1 Å². The number of rotatable bonds is 53. The Balaban J connectivity index is 0.556. The molecule has 0 saturated heterocycles. The Hall–Kier alpha value is -9.80. The lowest BCUT2D eigenvalue weighted by Crippen LogP contribution is -2.57. The van der Waals surface area contributed by atoms with Crippen LogP contribution in [-0.4, -0.2) is 278 Å². The number of aromatic nitrogens is 2. The molecular formula is C84H116FN11O25. The van der Waals surface area contributed by atoms with E-state index in [1.54, 1.807) is 71.0 Å². The molecule has 5 heterocycles. The molecular weight excluding hydrogens is 1580 g/mol. The molecule has 3 aliphatic heterocycles. The number of halogens is 1. The van der Waals surface area contributed by atoms with E-state index in [1.165, 1.54) is 15.5 Å². The smallest absolute Gasteiger partial charge is 0.410 e. The van der Waals surface area contributed by atoms with E-state index in [4.69, 9.17) is 61.8 Å². The van der Waals surface area contributed by atoms with Crippen molar-refractivity contribution in [3.05, 3.63) is 110 Å². The van der Waals surface area contributed by atoms with Gasteiger partial charge in [-0.15, -0.1) is 0 Å². The first-order chi connectivity index (χ1) is 57.9. The van der Waals surface area contributed by atoms with Gasteiger partial charge in [0.15, 0.2) is 5.60 Å². The molecule has 0 unspecified atom stereocenters. The van der Waals surface area contributed by atoms with Crippen LogP contribution < -0.4 is 42.8 Å². The van der Waals surface area contributed by atoms with E-state index >= 15 is 4.39 Å². The zero-order valence-corrected chi connectivity index (χ0v) is 70.2. The molecule has 37 heteroatoms. The van der Waals surface area contributed by atoms with Crippen molar-refractivity contribution in [2.45, 2.75) is 155 Å². The molecule has 2 aromatic carbocycles. The number of aliphatic hydroxyl groups is 1. The fourth-order valence-electron chi connectivity index (χ4n) is 14.0. The number of imide groups is 1. The van der Waals surface area contributed by atoms with Crippen molar-refractivity contribution in [3.63, 3.8) is 0 Å². The fraction of sp³-hybridized carbons (Fsp3) is 0.607. The largest absolute Gasteiger partial charge is 0.458 e. The highest BCUT2D eigenvalue weighted by atomic mass is 19.1. The van der Waals surface area contributed by atoms with Crippen LogP contribution in [0.25, 0.3) is 22.3 Å². The Morgan fingerprint density at radius 3 is 1.78 bits per heavy atom. The summed E-state index contributed by atoms with van der Waals surface area (Å²) in [6, 6.07) is 8.58. The number of carbonyl (C=O) groups excluding carboxylic acids is 11. The van der Waals surface area contributed by atoms with E-state index in [0.29, 0.717) is 143 Å². The lowest BCUT2D eigenvalue weighted by atomic mass is 9.81. The van der Waals surface area contributed by atoms with Crippen LogP contribution >= 0.6 is 0 Å². The Bertz CT molecular complexity index is 4340. The minimum Gasteiger partial charge on any atom is -0.458 e. The predicted molar refractivity (Wildman–Crippen MR) is 432 cm³/mol. The molecule has 5 atom stereocenters. The molecule has 664 valence electrons. The van der Waals surface area contributed by atoms with Crippen molar-refractivity contribution in [1.82, 2.24) is 56.6 Å². The molecule has 0 spiro atoms. The van der Waals surface area contributed by atoms with E-state index in [9.17, 15) is 62.6 Å². The normalized spacial score (nSPS) is 16.6.